The Morgan fingerprint density at radius 2 is 2.00 bits per heavy atom. The van der Waals surface area contributed by atoms with Crippen LogP contribution >= 0.6 is 22.9 Å². The van der Waals surface area contributed by atoms with E-state index in [0.717, 1.165) is 4.88 Å². The molecule has 0 fully saturated rings. The topological polar surface area (TPSA) is 59.4 Å². The van der Waals surface area contributed by atoms with Crippen LogP contribution in [0.1, 0.15) is 43.0 Å². The van der Waals surface area contributed by atoms with Crippen molar-refractivity contribution >= 4 is 52.4 Å². The molecule has 0 spiro atoms. The number of carboxylic acid groups (broad SMARTS) is 1. The number of benzene rings is 1. The first-order valence-electron chi connectivity index (χ1n) is 8.96. The number of aromatic nitrogens is 1. The fraction of sp³-hybridized carbons (Fsp3) is 0.333. The van der Waals surface area contributed by atoms with E-state index in [1.54, 1.807) is 33.8 Å². The normalized spacial score (nSPS) is 13.1. The summed E-state index contributed by atoms with van der Waals surface area (Å²) in [6.45, 7) is 8.96. The van der Waals surface area contributed by atoms with Gasteiger partial charge in [-0.05, 0) is 40.7 Å². The summed E-state index contributed by atoms with van der Waals surface area (Å²) in [6, 6.07) is 4.91. The first kappa shape index (κ1) is 21.7. The second-order valence-corrected chi connectivity index (χ2v) is 9.45. The van der Waals surface area contributed by atoms with Crippen LogP contribution in [0.15, 0.2) is 18.2 Å². The van der Waals surface area contributed by atoms with E-state index < -0.39 is 23.5 Å². The van der Waals surface area contributed by atoms with E-state index >= 15 is 0 Å². The van der Waals surface area contributed by atoms with E-state index in [0.29, 0.717) is 32.6 Å². The number of aliphatic carboxylic acids is 1. The van der Waals surface area contributed by atoms with Gasteiger partial charge >= 0.3 is 5.97 Å². The molecule has 0 aliphatic rings. The number of rotatable bonds is 4. The summed E-state index contributed by atoms with van der Waals surface area (Å²) in [5, 5.41) is 10.5. The predicted molar refractivity (Wildman–Crippen MR) is 116 cm³/mol. The van der Waals surface area contributed by atoms with E-state index in [9.17, 15) is 14.3 Å². The minimum absolute atomic E-state index is 0.0791. The second kappa shape index (κ2) is 7.71. The third-order valence-corrected chi connectivity index (χ3v) is 5.69. The standard InChI is InChI=1S/C21H20BClFNO3S/c1-9-8-12-15(11-6-7-13(22)17(24)16(11)23)14(10(2)25-19(12)29-9)18(20(26)27)28-21(3,4)5/h6-8,18H,1-5H3,(H,26,27)/t18-/m0/s1. The summed E-state index contributed by atoms with van der Waals surface area (Å²) in [4.78, 5) is 18.5. The summed E-state index contributed by atoms with van der Waals surface area (Å²) in [5.41, 5.74) is 0.873. The zero-order valence-electron chi connectivity index (χ0n) is 16.8. The van der Waals surface area contributed by atoms with Gasteiger partial charge < -0.3 is 9.84 Å². The average molecular weight is 432 g/mol. The highest BCUT2D eigenvalue weighted by Crippen LogP contribution is 2.43. The van der Waals surface area contributed by atoms with Crippen molar-refractivity contribution in [3.05, 3.63) is 45.2 Å². The molecule has 2 aromatic heterocycles. The molecule has 3 rings (SSSR count). The Bertz CT molecular complexity index is 1120. The van der Waals surface area contributed by atoms with Crippen molar-refractivity contribution < 1.29 is 19.0 Å². The van der Waals surface area contributed by atoms with Crippen molar-refractivity contribution in [1.29, 1.82) is 0 Å². The molecule has 0 bridgehead atoms. The molecule has 0 saturated carbocycles. The van der Waals surface area contributed by atoms with Gasteiger partial charge in [0.25, 0.3) is 0 Å². The summed E-state index contributed by atoms with van der Waals surface area (Å²) in [7, 11) is 5.66. The maximum absolute atomic E-state index is 14.5. The number of hydrogen-bond acceptors (Lipinski definition) is 4. The van der Waals surface area contributed by atoms with E-state index in [1.807, 2.05) is 13.0 Å². The van der Waals surface area contributed by atoms with Gasteiger partial charge in [-0.25, -0.2) is 14.2 Å². The van der Waals surface area contributed by atoms with Crippen molar-refractivity contribution in [3.63, 3.8) is 0 Å². The molecule has 0 unspecified atom stereocenters. The first-order valence-corrected chi connectivity index (χ1v) is 10.1. The molecule has 4 nitrogen and oxygen atoms in total. The van der Waals surface area contributed by atoms with E-state index in [4.69, 9.17) is 24.2 Å². The van der Waals surface area contributed by atoms with Crippen LogP contribution in [0.5, 0.6) is 0 Å². The smallest absolute Gasteiger partial charge is 0.337 e. The Labute approximate surface area is 179 Å². The molecule has 1 N–H and O–H groups in total. The van der Waals surface area contributed by atoms with Gasteiger partial charge in [0.15, 0.2) is 6.10 Å². The molecule has 0 saturated heterocycles. The maximum Gasteiger partial charge on any atom is 0.337 e. The lowest BCUT2D eigenvalue weighted by Crippen LogP contribution is -2.28. The van der Waals surface area contributed by atoms with Crippen molar-refractivity contribution in [2.24, 2.45) is 0 Å². The number of fused-ring (bicyclic) bond motifs is 1. The van der Waals surface area contributed by atoms with Gasteiger partial charge in [-0.1, -0.05) is 29.2 Å². The quantitative estimate of drug-likeness (QED) is 0.583. The molecule has 29 heavy (non-hydrogen) atoms. The summed E-state index contributed by atoms with van der Waals surface area (Å²) in [5.74, 6) is -1.90. The first-order chi connectivity index (χ1) is 13.4. The lowest BCUT2D eigenvalue weighted by molar-refractivity contribution is -0.160. The number of carbonyl (C=O) groups is 1. The molecular weight excluding hydrogens is 412 g/mol. The lowest BCUT2D eigenvalue weighted by Gasteiger charge is -2.28. The van der Waals surface area contributed by atoms with Crippen LogP contribution in [0.4, 0.5) is 4.39 Å². The van der Waals surface area contributed by atoms with Gasteiger partial charge in [0.1, 0.15) is 18.5 Å². The Morgan fingerprint density at radius 3 is 2.59 bits per heavy atom. The molecule has 2 heterocycles. The SMILES string of the molecule is [B]c1ccc(-c2c([C@H](OC(C)(C)C)C(=O)O)c(C)nc3sc(C)cc23)c(Cl)c1F. The van der Waals surface area contributed by atoms with Crippen LogP contribution in [0, 0.1) is 19.7 Å². The molecule has 150 valence electrons. The lowest BCUT2D eigenvalue weighted by atomic mass is 9.88. The van der Waals surface area contributed by atoms with Crippen LogP contribution in [-0.4, -0.2) is 29.5 Å². The van der Waals surface area contributed by atoms with Crippen molar-refractivity contribution in [1.82, 2.24) is 4.98 Å². The van der Waals surface area contributed by atoms with Crippen molar-refractivity contribution in [2.45, 2.75) is 46.3 Å². The fourth-order valence-electron chi connectivity index (χ4n) is 3.26. The van der Waals surface area contributed by atoms with Crippen molar-refractivity contribution in [3.8, 4) is 11.1 Å². The number of thiophene rings is 1. The summed E-state index contributed by atoms with van der Waals surface area (Å²) < 4.78 is 20.4. The van der Waals surface area contributed by atoms with E-state index in [2.05, 4.69) is 4.98 Å². The van der Waals surface area contributed by atoms with Gasteiger partial charge in [-0.15, -0.1) is 11.3 Å². The number of nitrogens with zero attached hydrogens (tertiary/aromatic N) is 1. The Hall–Kier alpha value is -1.96. The zero-order valence-corrected chi connectivity index (χ0v) is 18.3. The highest BCUT2D eigenvalue weighted by Gasteiger charge is 2.33. The second-order valence-electron chi connectivity index (χ2n) is 7.84. The molecule has 2 radical (unpaired) electrons. The molecule has 1 atom stereocenters. The number of ether oxygens (including phenoxy) is 1. The molecule has 0 amide bonds. The van der Waals surface area contributed by atoms with Gasteiger partial charge in [-0.2, -0.15) is 0 Å². The van der Waals surface area contributed by atoms with Gasteiger partial charge in [0.05, 0.1) is 10.6 Å². The number of aryl methyl sites for hydroxylation is 2. The zero-order chi connectivity index (χ0) is 21.7. The van der Waals surface area contributed by atoms with E-state index in [-0.39, 0.29) is 10.5 Å². The van der Waals surface area contributed by atoms with Crippen LogP contribution < -0.4 is 5.46 Å². The van der Waals surface area contributed by atoms with E-state index in [1.165, 1.54) is 17.4 Å². The monoisotopic (exact) mass is 431 g/mol. The van der Waals surface area contributed by atoms with Gasteiger partial charge in [-0.3, -0.25) is 0 Å². The number of pyridine rings is 1. The van der Waals surface area contributed by atoms with Gasteiger partial charge in [0.2, 0.25) is 0 Å². The molecule has 3 aromatic rings. The minimum Gasteiger partial charge on any atom is -0.479 e. The fourth-order valence-corrected chi connectivity index (χ4v) is 4.46. The molecular formula is C21H20BClFNO3S. The third-order valence-electron chi connectivity index (χ3n) is 4.37. The Kier molecular flexibility index (Phi) is 5.78. The molecule has 0 aliphatic carbocycles. The van der Waals surface area contributed by atoms with Crippen molar-refractivity contribution in [2.75, 3.05) is 0 Å². The number of halogens is 2. The largest absolute Gasteiger partial charge is 0.479 e. The summed E-state index contributed by atoms with van der Waals surface area (Å²) >= 11 is 7.79. The Morgan fingerprint density at radius 1 is 1.34 bits per heavy atom. The highest BCUT2D eigenvalue weighted by atomic mass is 35.5. The minimum atomic E-state index is -1.31. The third kappa shape index (κ3) is 4.18. The van der Waals surface area contributed by atoms with Crippen LogP contribution in [0.25, 0.3) is 21.3 Å². The predicted octanol–water partition coefficient (Wildman–Crippen LogP) is 5.11. The molecule has 1 aromatic carbocycles. The van der Waals surface area contributed by atoms with Crippen LogP contribution in [-0.2, 0) is 9.53 Å². The van der Waals surface area contributed by atoms with Crippen LogP contribution in [0.3, 0.4) is 0 Å². The Balaban J connectivity index is 2.45. The van der Waals surface area contributed by atoms with Crippen LogP contribution in [0.2, 0.25) is 5.02 Å². The molecule has 0 aliphatic heterocycles. The molecule has 8 heteroatoms. The summed E-state index contributed by atoms with van der Waals surface area (Å²) in [6.07, 6.45) is -1.31. The maximum atomic E-state index is 14.5. The number of hydrogen-bond donors (Lipinski definition) is 1. The number of carboxylic acids is 1. The average Bonchev–Trinajstić information content (AvgIpc) is 2.96. The highest BCUT2D eigenvalue weighted by molar-refractivity contribution is 7.18. The van der Waals surface area contributed by atoms with Gasteiger partial charge in [0, 0.05) is 32.6 Å².